The second-order valence-corrected chi connectivity index (χ2v) is 6.32. The van der Waals surface area contributed by atoms with Crippen molar-refractivity contribution in [1.82, 2.24) is 5.32 Å². The Labute approximate surface area is 132 Å². The number of carbonyl (C=O) groups is 1. The number of hydrogen-bond acceptors (Lipinski definition) is 4. The first-order valence-electron chi connectivity index (χ1n) is 6.84. The molecular weight excluding hydrogens is 305 g/mol. The SMILES string of the molecule is C[C@@](O)(CNC(=O)CSc1ccc(F)cc1)Cc1ccco1. The Kier molecular flexibility index (Phi) is 5.63. The summed E-state index contributed by atoms with van der Waals surface area (Å²) in [6, 6.07) is 9.49. The number of halogens is 1. The highest BCUT2D eigenvalue weighted by Gasteiger charge is 2.23. The molecule has 118 valence electrons. The van der Waals surface area contributed by atoms with Crippen LogP contribution < -0.4 is 5.32 Å². The highest BCUT2D eigenvalue weighted by molar-refractivity contribution is 8.00. The standard InChI is InChI=1S/C16H18FNO3S/c1-16(20,9-13-3-2-8-21-13)11-18-15(19)10-22-14-6-4-12(17)5-7-14/h2-8,20H,9-11H2,1H3,(H,18,19)/t16-/m0/s1. The first-order chi connectivity index (χ1) is 10.4. The van der Waals surface area contributed by atoms with E-state index in [-0.39, 0.29) is 24.0 Å². The van der Waals surface area contributed by atoms with Gasteiger partial charge in [-0.3, -0.25) is 4.79 Å². The number of nitrogens with one attached hydrogen (secondary N) is 1. The van der Waals surface area contributed by atoms with E-state index in [0.29, 0.717) is 12.2 Å². The molecule has 1 amide bonds. The molecule has 1 aromatic carbocycles. The molecule has 1 heterocycles. The number of carbonyl (C=O) groups excluding carboxylic acids is 1. The van der Waals surface area contributed by atoms with Gasteiger partial charge in [-0.05, 0) is 43.3 Å². The molecule has 0 unspecified atom stereocenters. The number of amides is 1. The van der Waals surface area contributed by atoms with Crippen LogP contribution in [0.15, 0.2) is 52.0 Å². The van der Waals surface area contributed by atoms with Gasteiger partial charge in [-0.25, -0.2) is 4.39 Å². The van der Waals surface area contributed by atoms with E-state index in [1.54, 1.807) is 37.5 Å². The van der Waals surface area contributed by atoms with Gasteiger partial charge in [0, 0.05) is 17.9 Å². The van der Waals surface area contributed by atoms with E-state index in [2.05, 4.69) is 5.32 Å². The Morgan fingerprint density at radius 2 is 2.09 bits per heavy atom. The Bertz CT molecular complexity index is 596. The van der Waals surface area contributed by atoms with Crippen LogP contribution in [0.1, 0.15) is 12.7 Å². The van der Waals surface area contributed by atoms with Crippen molar-refractivity contribution >= 4 is 17.7 Å². The van der Waals surface area contributed by atoms with Crippen molar-refractivity contribution in [2.45, 2.75) is 23.8 Å². The lowest BCUT2D eigenvalue weighted by Gasteiger charge is -2.22. The van der Waals surface area contributed by atoms with E-state index in [1.807, 2.05) is 0 Å². The first-order valence-corrected chi connectivity index (χ1v) is 7.83. The minimum absolute atomic E-state index is 0.135. The van der Waals surface area contributed by atoms with Gasteiger partial charge >= 0.3 is 0 Å². The number of furan rings is 1. The van der Waals surface area contributed by atoms with Gasteiger partial charge in [-0.2, -0.15) is 0 Å². The average molecular weight is 323 g/mol. The third-order valence-electron chi connectivity index (χ3n) is 2.99. The highest BCUT2D eigenvalue weighted by Crippen LogP contribution is 2.18. The van der Waals surface area contributed by atoms with Crippen molar-refractivity contribution in [3.05, 3.63) is 54.2 Å². The third-order valence-corrected chi connectivity index (χ3v) is 4.00. The maximum absolute atomic E-state index is 12.8. The minimum Gasteiger partial charge on any atom is -0.469 e. The molecule has 2 rings (SSSR count). The maximum Gasteiger partial charge on any atom is 0.230 e. The zero-order valence-corrected chi connectivity index (χ0v) is 13.0. The number of rotatable bonds is 7. The lowest BCUT2D eigenvalue weighted by atomic mass is 10.0. The van der Waals surface area contributed by atoms with Crippen LogP contribution in [0.5, 0.6) is 0 Å². The molecule has 1 atom stereocenters. The van der Waals surface area contributed by atoms with Gasteiger partial charge in [-0.1, -0.05) is 0 Å². The van der Waals surface area contributed by atoms with Crippen molar-refractivity contribution in [2.75, 3.05) is 12.3 Å². The number of hydrogen-bond donors (Lipinski definition) is 2. The zero-order valence-electron chi connectivity index (χ0n) is 12.2. The van der Waals surface area contributed by atoms with Crippen molar-refractivity contribution in [3.63, 3.8) is 0 Å². The fourth-order valence-electron chi connectivity index (χ4n) is 1.87. The van der Waals surface area contributed by atoms with Crippen LogP contribution in [0, 0.1) is 5.82 Å². The molecule has 0 aliphatic rings. The van der Waals surface area contributed by atoms with Crippen LogP contribution in [0.3, 0.4) is 0 Å². The molecule has 4 nitrogen and oxygen atoms in total. The van der Waals surface area contributed by atoms with E-state index in [0.717, 1.165) is 4.90 Å². The predicted octanol–water partition coefficient (Wildman–Crippen LogP) is 2.62. The van der Waals surface area contributed by atoms with Gasteiger partial charge in [0.05, 0.1) is 17.6 Å². The maximum atomic E-state index is 12.8. The Morgan fingerprint density at radius 1 is 1.36 bits per heavy atom. The third kappa shape index (κ3) is 5.54. The Hall–Kier alpha value is -1.79. The van der Waals surface area contributed by atoms with Crippen LogP contribution in [0.4, 0.5) is 4.39 Å². The van der Waals surface area contributed by atoms with Gasteiger partial charge in [0.2, 0.25) is 5.91 Å². The largest absolute Gasteiger partial charge is 0.469 e. The molecule has 0 saturated heterocycles. The smallest absolute Gasteiger partial charge is 0.230 e. The van der Waals surface area contributed by atoms with Gasteiger partial charge in [0.1, 0.15) is 11.6 Å². The molecule has 0 bridgehead atoms. The van der Waals surface area contributed by atoms with Gasteiger partial charge in [0.15, 0.2) is 0 Å². The fourth-order valence-corrected chi connectivity index (χ4v) is 2.60. The molecule has 0 saturated carbocycles. The van der Waals surface area contributed by atoms with Gasteiger partial charge < -0.3 is 14.8 Å². The van der Waals surface area contributed by atoms with E-state index in [1.165, 1.54) is 23.9 Å². The number of aliphatic hydroxyl groups is 1. The molecule has 2 N–H and O–H groups in total. The topological polar surface area (TPSA) is 62.5 Å². The molecule has 0 aliphatic heterocycles. The summed E-state index contributed by atoms with van der Waals surface area (Å²) in [5.41, 5.74) is -1.08. The van der Waals surface area contributed by atoms with Crippen LogP contribution in [0.25, 0.3) is 0 Å². The summed E-state index contributed by atoms with van der Waals surface area (Å²) >= 11 is 1.31. The summed E-state index contributed by atoms with van der Waals surface area (Å²) in [4.78, 5) is 12.6. The molecular formula is C16H18FNO3S. The second-order valence-electron chi connectivity index (χ2n) is 5.27. The lowest BCUT2D eigenvalue weighted by molar-refractivity contribution is -0.119. The summed E-state index contributed by atoms with van der Waals surface area (Å²) in [5, 5.41) is 12.9. The quantitative estimate of drug-likeness (QED) is 0.769. The van der Waals surface area contributed by atoms with Gasteiger partial charge in [0.25, 0.3) is 0 Å². The minimum atomic E-state index is -1.08. The number of benzene rings is 1. The van der Waals surface area contributed by atoms with E-state index in [9.17, 15) is 14.3 Å². The molecule has 0 fully saturated rings. The summed E-state index contributed by atoms with van der Waals surface area (Å²) < 4.78 is 18.0. The normalized spacial score (nSPS) is 13.6. The number of thioether (sulfide) groups is 1. The molecule has 22 heavy (non-hydrogen) atoms. The molecule has 6 heteroatoms. The van der Waals surface area contributed by atoms with Crippen LogP contribution >= 0.6 is 11.8 Å². The lowest BCUT2D eigenvalue weighted by Crippen LogP contribution is -2.42. The van der Waals surface area contributed by atoms with Crippen molar-refractivity contribution in [3.8, 4) is 0 Å². The summed E-state index contributed by atoms with van der Waals surface area (Å²) in [6.07, 6.45) is 1.87. The Morgan fingerprint density at radius 3 is 2.73 bits per heavy atom. The van der Waals surface area contributed by atoms with Crippen molar-refractivity contribution in [2.24, 2.45) is 0 Å². The second kappa shape index (κ2) is 7.47. The first kappa shape index (κ1) is 16.6. The summed E-state index contributed by atoms with van der Waals surface area (Å²) in [6.45, 7) is 1.78. The zero-order chi connectivity index (χ0) is 16.0. The van der Waals surface area contributed by atoms with Crippen LogP contribution in [-0.2, 0) is 11.2 Å². The van der Waals surface area contributed by atoms with E-state index in [4.69, 9.17) is 4.42 Å². The fraction of sp³-hybridized carbons (Fsp3) is 0.312. The van der Waals surface area contributed by atoms with Crippen LogP contribution in [-0.4, -0.2) is 28.9 Å². The summed E-state index contributed by atoms with van der Waals surface area (Å²) in [5.74, 6) is 0.388. The molecule has 1 aromatic heterocycles. The monoisotopic (exact) mass is 323 g/mol. The molecule has 0 spiro atoms. The average Bonchev–Trinajstić information content (AvgIpc) is 2.97. The summed E-state index contributed by atoms with van der Waals surface area (Å²) in [7, 11) is 0. The Balaban J connectivity index is 1.73. The van der Waals surface area contributed by atoms with Crippen molar-refractivity contribution in [1.29, 1.82) is 0 Å². The molecule has 0 aliphatic carbocycles. The molecule has 2 aromatic rings. The van der Waals surface area contributed by atoms with Crippen molar-refractivity contribution < 1.29 is 18.7 Å². The van der Waals surface area contributed by atoms with E-state index < -0.39 is 5.60 Å². The highest BCUT2D eigenvalue weighted by atomic mass is 32.2. The predicted molar refractivity (Wildman–Crippen MR) is 83.2 cm³/mol. The van der Waals surface area contributed by atoms with Gasteiger partial charge in [-0.15, -0.1) is 11.8 Å². The van der Waals surface area contributed by atoms with E-state index >= 15 is 0 Å². The molecule has 0 radical (unpaired) electrons. The van der Waals surface area contributed by atoms with Crippen LogP contribution in [0.2, 0.25) is 0 Å².